The largest absolute Gasteiger partial charge is 0.481 e. The summed E-state index contributed by atoms with van der Waals surface area (Å²) < 4.78 is 31.4. The Bertz CT molecular complexity index is 658. The third-order valence-corrected chi connectivity index (χ3v) is 2.86. The van der Waals surface area contributed by atoms with Gasteiger partial charge >= 0.3 is 0 Å². The molecule has 0 fully saturated rings. The fraction of sp³-hybridized carbons (Fsp3) is 0.188. The molecular weight excluding hydrogens is 276 g/mol. The first kappa shape index (κ1) is 15.0. The average Bonchev–Trinajstić information content (AvgIpc) is 2.43. The molecule has 1 N–H and O–H groups in total. The fourth-order valence-corrected chi connectivity index (χ4v) is 1.76. The lowest BCUT2D eigenvalue weighted by molar-refractivity contribution is -0.122. The smallest absolute Gasteiger partial charge is 0.265 e. The average molecular weight is 291 g/mol. The first-order valence-corrected chi connectivity index (χ1v) is 6.45. The molecule has 0 aliphatic carbocycles. The molecule has 0 saturated carbocycles. The van der Waals surface area contributed by atoms with Crippen LogP contribution in [-0.2, 0) is 4.79 Å². The van der Waals surface area contributed by atoms with Gasteiger partial charge in [0.1, 0.15) is 5.75 Å². The molecule has 2 aromatic carbocycles. The van der Waals surface area contributed by atoms with E-state index in [1.807, 2.05) is 19.1 Å². The van der Waals surface area contributed by atoms with Gasteiger partial charge in [0.25, 0.3) is 5.91 Å². The third-order valence-electron chi connectivity index (χ3n) is 2.86. The standard InChI is InChI=1S/C16H15F2NO2/c1-10-4-3-5-13(8-10)21-11(2)16(20)19-12-6-7-14(17)15(18)9-12/h3-9,11H,1-2H3,(H,19,20)/t11-/m1/s1. The van der Waals surface area contributed by atoms with Gasteiger partial charge in [-0.1, -0.05) is 12.1 Å². The van der Waals surface area contributed by atoms with Crippen molar-refractivity contribution in [3.05, 3.63) is 59.7 Å². The number of anilines is 1. The number of hydrogen-bond acceptors (Lipinski definition) is 2. The zero-order chi connectivity index (χ0) is 15.4. The van der Waals surface area contributed by atoms with Gasteiger partial charge in [-0.2, -0.15) is 0 Å². The van der Waals surface area contributed by atoms with Crippen molar-refractivity contribution < 1.29 is 18.3 Å². The predicted molar refractivity (Wildman–Crippen MR) is 76.3 cm³/mol. The summed E-state index contributed by atoms with van der Waals surface area (Å²) >= 11 is 0. The van der Waals surface area contributed by atoms with Gasteiger partial charge in [0, 0.05) is 11.8 Å². The summed E-state index contributed by atoms with van der Waals surface area (Å²) in [6.07, 6.45) is -0.764. The molecule has 0 heterocycles. The van der Waals surface area contributed by atoms with Crippen molar-refractivity contribution >= 4 is 11.6 Å². The molecule has 0 aliphatic rings. The lowest BCUT2D eigenvalue weighted by atomic mass is 10.2. The zero-order valence-corrected chi connectivity index (χ0v) is 11.7. The summed E-state index contributed by atoms with van der Waals surface area (Å²) in [5.74, 6) is -1.84. The van der Waals surface area contributed by atoms with Gasteiger partial charge in [0.2, 0.25) is 0 Å². The second-order valence-electron chi connectivity index (χ2n) is 4.69. The first-order chi connectivity index (χ1) is 9.95. The van der Waals surface area contributed by atoms with Crippen molar-refractivity contribution in [1.82, 2.24) is 0 Å². The third kappa shape index (κ3) is 4.02. The molecule has 2 rings (SSSR count). The van der Waals surface area contributed by atoms with E-state index in [0.29, 0.717) is 5.75 Å². The van der Waals surface area contributed by atoms with Crippen LogP contribution in [0.5, 0.6) is 5.75 Å². The van der Waals surface area contributed by atoms with Crippen molar-refractivity contribution in [2.24, 2.45) is 0 Å². The molecule has 3 nitrogen and oxygen atoms in total. The molecule has 5 heteroatoms. The summed E-state index contributed by atoms with van der Waals surface area (Å²) in [6, 6.07) is 10.5. The number of nitrogens with one attached hydrogen (secondary N) is 1. The van der Waals surface area contributed by atoms with E-state index in [9.17, 15) is 13.6 Å². The molecule has 0 spiro atoms. The van der Waals surface area contributed by atoms with Crippen LogP contribution in [-0.4, -0.2) is 12.0 Å². The fourth-order valence-electron chi connectivity index (χ4n) is 1.76. The molecule has 110 valence electrons. The molecule has 0 bridgehead atoms. The molecule has 0 aromatic heterocycles. The number of carbonyl (C=O) groups is 1. The van der Waals surface area contributed by atoms with Crippen LogP contribution in [0.4, 0.5) is 14.5 Å². The van der Waals surface area contributed by atoms with E-state index in [0.717, 1.165) is 17.7 Å². The van der Waals surface area contributed by atoms with Crippen molar-refractivity contribution in [3.63, 3.8) is 0 Å². The number of aryl methyl sites for hydroxylation is 1. The van der Waals surface area contributed by atoms with Crippen LogP contribution in [0, 0.1) is 18.6 Å². The normalized spacial score (nSPS) is 11.8. The molecule has 1 atom stereocenters. The Kier molecular flexibility index (Phi) is 4.52. The monoisotopic (exact) mass is 291 g/mol. The lowest BCUT2D eigenvalue weighted by Gasteiger charge is -2.15. The van der Waals surface area contributed by atoms with Gasteiger partial charge in [0.15, 0.2) is 17.7 Å². The Morgan fingerprint density at radius 1 is 1.14 bits per heavy atom. The highest BCUT2D eigenvalue weighted by atomic mass is 19.2. The number of hydrogen-bond donors (Lipinski definition) is 1. The molecule has 2 aromatic rings. The lowest BCUT2D eigenvalue weighted by Crippen LogP contribution is -2.30. The van der Waals surface area contributed by atoms with E-state index in [2.05, 4.69) is 5.32 Å². The quantitative estimate of drug-likeness (QED) is 0.933. The number of ether oxygens (including phenoxy) is 1. The van der Waals surface area contributed by atoms with E-state index >= 15 is 0 Å². The number of halogens is 2. The molecule has 1 amide bonds. The van der Waals surface area contributed by atoms with Gasteiger partial charge in [-0.15, -0.1) is 0 Å². The van der Waals surface area contributed by atoms with Gasteiger partial charge in [-0.05, 0) is 43.7 Å². The summed E-state index contributed by atoms with van der Waals surface area (Å²) in [7, 11) is 0. The molecule has 0 aliphatic heterocycles. The minimum Gasteiger partial charge on any atom is -0.481 e. The van der Waals surface area contributed by atoms with Gasteiger partial charge in [-0.25, -0.2) is 8.78 Å². The Morgan fingerprint density at radius 2 is 1.90 bits per heavy atom. The Morgan fingerprint density at radius 3 is 2.57 bits per heavy atom. The van der Waals surface area contributed by atoms with Crippen molar-refractivity contribution in [2.45, 2.75) is 20.0 Å². The molecule has 0 saturated heterocycles. The topological polar surface area (TPSA) is 38.3 Å². The number of benzene rings is 2. The van der Waals surface area contributed by atoms with E-state index in [1.165, 1.54) is 6.07 Å². The maximum absolute atomic E-state index is 13.1. The Balaban J connectivity index is 2.00. The van der Waals surface area contributed by atoms with E-state index in [4.69, 9.17) is 4.74 Å². The van der Waals surface area contributed by atoms with E-state index in [-0.39, 0.29) is 5.69 Å². The Hall–Kier alpha value is -2.43. The van der Waals surface area contributed by atoms with Crippen LogP contribution < -0.4 is 10.1 Å². The minimum absolute atomic E-state index is 0.179. The van der Waals surface area contributed by atoms with Crippen LogP contribution in [0.3, 0.4) is 0 Å². The Labute approximate surface area is 121 Å². The summed E-state index contributed by atoms with van der Waals surface area (Å²) in [4.78, 5) is 11.9. The van der Waals surface area contributed by atoms with Crippen molar-refractivity contribution in [2.75, 3.05) is 5.32 Å². The number of rotatable bonds is 4. The van der Waals surface area contributed by atoms with Crippen LogP contribution in [0.2, 0.25) is 0 Å². The second kappa shape index (κ2) is 6.35. The van der Waals surface area contributed by atoms with Crippen LogP contribution in [0.15, 0.2) is 42.5 Å². The number of amides is 1. The van der Waals surface area contributed by atoms with Gasteiger partial charge in [-0.3, -0.25) is 4.79 Å². The van der Waals surface area contributed by atoms with Crippen molar-refractivity contribution in [1.29, 1.82) is 0 Å². The molecule has 0 radical (unpaired) electrons. The van der Waals surface area contributed by atoms with Crippen LogP contribution >= 0.6 is 0 Å². The van der Waals surface area contributed by atoms with E-state index < -0.39 is 23.6 Å². The highest BCUT2D eigenvalue weighted by molar-refractivity contribution is 5.94. The zero-order valence-electron chi connectivity index (χ0n) is 11.7. The van der Waals surface area contributed by atoms with Gasteiger partial charge in [0.05, 0.1) is 0 Å². The SMILES string of the molecule is Cc1cccc(O[C@H](C)C(=O)Nc2ccc(F)c(F)c2)c1. The highest BCUT2D eigenvalue weighted by Gasteiger charge is 2.15. The van der Waals surface area contributed by atoms with Gasteiger partial charge < -0.3 is 10.1 Å². The minimum atomic E-state index is -1.01. The second-order valence-corrected chi connectivity index (χ2v) is 4.69. The number of carbonyl (C=O) groups excluding carboxylic acids is 1. The summed E-state index contributed by atoms with van der Waals surface area (Å²) in [6.45, 7) is 3.50. The first-order valence-electron chi connectivity index (χ1n) is 6.45. The van der Waals surface area contributed by atoms with Crippen LogP contribution in [0.25, 0.3) is 0 Å². The van der Waals surface area contributed by atoms with E-state index in [1.54, 1.807) is 19.1 Å². The maximum atomic E-state index is 13.1. The van der Waals surface area contributed by atoms with Crippen molar-refractivity contribution in [3.8, 4) is 5.75 Å². The predicted octanol–water partition coefficient (Wildman–Crippen LogP) is 3.68. The molecule has 21 heavy (non-hydrogen) atoms. The van der Waals surface area contributed by atoms with Crippen LogP contribution in [0.1, 0.15) is 12.5 Å². The summed E-state index contributed by atoms with van der Waals surface area (Å²) in [5.41, 5.74) is 1.19. The molecular formula is C16H15F2NO2. The maximum Gasteiger partial charge on any atom is 0.265 e. The molecule has 0 unspecified atom stereocenters. The summed E-state index contributed by atoms with van der Waals surface area (Å²) in [5, 5.41) is 2.47. The highest BCUT2D eigenvalue weighted by Crippen LogP contribution is 2.16.